The Morgan fingerprint density at radius 1 is 1.16 bits per heavy atom. The van der Waals surface area contributed by atoms with E-state index in [1.54, 1.807) is 42.9 Å². The van der Waals surface area contributed by atoms with Crippen molar-refractivity contribution in [3.8, 4) is 17.2 Å². The Bertz CT molecular complexity index is 1220. The molecule has 0 bridgehead atoms. The van der Waals surface area contributed by atoms with Crippen molar-refractivity contribution in [2.24, 2.45) is 7.05 Å². The Balaban J connectivity index is 1.63. The molecule has 1 aromatic heterocycles. The van der Waals surface area contributed by atoms with Crippen molar-refractivity contribution in [1.29, 1.82) is 0 Å². The summed E-state index contributed by atoms with van der Waals surface area (Å²) in [5.74, 6) is -1.13. The van der Waals surface area contributed by atoms with E-state index in [2.05, 4.69) is 5.32 Å². The summed E-state index contributed by atoms with van der Waals surface area (Å²) >= 11 is 0. The highest BCUT2D eigenvalue weighted by atomic mass is 16.5. The van der Waals surface area contributed by atoms with Gasteiger partial charge in [0.25, 0.3) is 11.5 Å². The molecule has 0 aliphatic rings. The summed E-state index contributed by atoms with van der Waals surface area (Å²) in [5, 5.41) is 12.1. The summed E-state index contributed by atoms with van der Waals surface area (Å²) in [4.78, 5) is 37.0. The number of benzene rings is 2. The van der Waals surface area contributed by atoms with Gasteiger partial charge in [-0.25, -0.2) is 9.48 Å². The van der Waals surface area contributed by atoms with Gasteiger partial charge < -0.3 is 19.9 Å². The van der Waals surface area contributed by atoms with Crippen molar-refractivity contribution in [3.05, 3.63) is 76.2 Å². The minimum absolute atomic E-state index is 0.0218. The molecule has 3 aromatic rings. The van der Waals surface area contributed by atoms with Crippen LogP contribution in [0.5, 0.6) is 11.5 Å². The van der Waals surface area contributed by atoms with E-state index in [9.17, 15) is 19.5 Å². The van der Waals surface area contributed by atoms with E-state index in [4.69, 9.17) is 9.47 Å². The first kappa shape index (κ1) is 22.4. The van der Waals surface area contributed by atoms with E-state index in [1.165, 1.54) is 23.9 Å². The van der Waals surface area contributed by atoms with Crippen LogP contribution in [0.3, 0.4) is 0 Å². The van der Waals surface area contributed by atoms with Gasteiger partial charge in [0.2, 0.25) is 0 Å². The van der Waals surface area contributed by atoms with Gasteiger partial charge in [0, 0.05) is 13.1 Å². The van der Waals surface area contributed by atoms with E-state index in [0.717, 1.165) is 6.08 Å². The fourth-order valence-electron chi connectivity index (χ4n) is 3.03. The van der Waals surface area contributed by atoms with Crippen molar-refractivity contribution in [3.63, 3.8) is 0 Å². The molecular weight excluding hydrogens is 414 g/mol. The molecule has 3 rings (SSSR count). The van der Waals surface area contributed by atoms with Gasteiger partial charge in [-0.1, -0.05) is 24.3 Å². The van der Waals surface area contributed by atoms with Crippen molar-refractivity contribution in [2.75, 3.05) is 19.0 Å². The molecule has 0 atom stereocenters. The lowest BCUT2D eigenvalue weighted by Gasteiger charge is -2.07. The minimum atomic E-state index is -0.737. The van der Waals surface area contributed by atoms with Crippen LogP contribution in [0.15, 0.2) is 59.4 Å². The number of aromatic nitrogens is 2. The quantitative estimate of drug-likeness (QED) is 0.434. The second kappa shape index (κ2) is 9.69. The molecule has 2 aromatic carbocycles. The highest BCUT2D eigenvalue weighted by molar-refractivity contribution is 5.95. The molecule has 0 unspecified atom stereocenters. The van der Waals surface area contributed by atoms with Crippen LogP contribution in [0, 0.1) is 6.92 Å². The van der Waals surface area contributed by atoms with E-state index < -0.39 is 24.0 Å². The molecule has 1 amide bonds. The molecule has 0 saturated carbocycles. The van der Waals surface area contributed by atoms with Crippen LogP contribution in [-0.2, 0) is 21.4 Å². The van der Waals surface area contributed by atoms with Gasteiger partial charge in [-0.05, 0) is 42.8 Å². The highest BCUT2D eigenvalue weighted by Crippen LogP contribution is 2.26. The second-order valence-corrected chi connectivity index (χ2v) is 6.86. The third-order valence-corrected chi connectivity index (χ3v) is 4.78. The maximum absolute atomic E-state index is 12.8. The number of aromatic hydroxyl groups is 1. The van der Waals surface area contributed by atoms with Crippen molar-refractivity contribution in [2.45, 2.75) is 6.92 Å². The zero-order valence-electron chi connectivity index (χ0n) is 17.9. The summed E-state index contributed by atoms with van der Waals surface area (Å²) in [5.41, 5.74) is 1.54. The Morgan fingerprint density at radius 2 is 1.88 bits per heavy atom. The number of phenolic OH excluding ortho intramolecular Hbond substituents is 1. The molecule has 9 nitrogen and oxygen atoms in total. The predicted octanol–water partition coefficient (Wildman–Crippen LogP) is 2.39. The van der Waals surface area contributed by atoms with E-state index in [-0.39, 0.29) is 17.2 Å². The molecule has 2 N–H and O–H groups in total. The van der Waals surface area contributed by atoms with Gasteiger partial charge in [0.1, 0.15) is 5.69 Å². The molecular formula is C23H23N3O6. The average molecular weight is 437 g/mol. The molecule has 0 aliphatic heterocycles. The number of para-hydroxylation sites is 1. The fraction of sp³-hybridized carbons (Fsp3) is 0.174. The number of phenols is 1. The van der Waals surface area contributed by atoms with Crippen LogP contribution in [0.2, 0.25) is 0 Å². The second-order valence-electron chi connectivity index (χ2n) is 6.86. The van der Waals surface area contributed by atoms with Gasteiger partial charge in [-0.15, -0.1) is 0 Å². The number of carbonyl (C=O) groups excluding carboxylic acids is 2. The Kier molecular flexibility index (Phi) is 6.79. The Labute approximate surface area is 184 Å². The average Bonchev–Trinajstić information content (AvgIpc) is 3.00. The summed E-state index contributed by atoms with van der Waals surface area (Å²) in [6, 6.07) is 13.6. The predicted molar refractivity (Wildman–Crippen MR) is 119 cm³/mol. The van der Waals surface area contributed by atoms with E-state index in [0.29, 0.717) is 16.9 Å². The Hall–Kier alpha value is -4.27. The fourth-order valence-corrected chi connectivity index (χ4v) is 3.03. The van der Waals surface area contributed by atoms with Gasteiger partial charge in [-0.2, -0.15) is 0 Å². The number of nitrogens with zero attached hydrogens (tertiary/aromatic N) is 2. The number of amides is 1. The number of anilines is 1. The number of ether oxygens (including phenoxy) is 2. The molecule has 0 saturated heterocycles. The zero-order valence-corrected chi connectivity index (χ0v) is 17.9. The largest absolute Gasteiger partial charge is 0.504 e. The van der Waals surface area contributed by atoms with Crippen LogP contribution in [0.1, 0.15) is 11.3 Å². The van der Waals surface area contributed by atoms with Crippen molar-refractivity contribution < 1.29 is 24.2 Å². The third-order valence-electron chi connectivity index (χ3n) is 4.78. The molecule has 9 heteroatoms. The number of nitrogens with one attached hydrogen (secondary N) is 1. The lowest BCUT2D eigenvalue weighted by atomic mass is 10.2. The lowest BCUT2D eigenvalue weighted by Crippen LogP contribution is -2.25. The van der Waals surface area contributed by atoms with Crippen molar-refractivity contribution in [1.82, 2.24) is 9.36 Å². The normalized spacial score (nSPS) is 10.8. The number of carbonyl (C=O) groups is 2. The first-order valence-corrected chi connectivity index (χ1v) is 9.67. The SMILES string of the molecule is COc1cc(C=CC(=O)OCC(=O)Nc2c(C)n(C)n(-c3ccccc3)c2=O)ccc1O. The van der Waals surface area contributed by atoms with Crippen LogP contribution in [0.25, 0.3) is 11.8 Å². The third kappa shape index (κ3) is 4.89. The number of methoxy groups -OCH3 is 1. The number of hydrogen-bond acceptors (Lipinski definition) is 6. The first-order valence-electron chi connectivity index (χ1n) is 9.67. The van der Waals surface area contributed by atoms with E-state index in [1.807, 2.05) is 18.2 Å². The zero-order chi connectivity index (χ0) is 23.3. The molecule has 166 valence electrons. The molecule has 0 spiro atoms. The summed E-state index contributed by atoms with van der Waals surface area (Å²) in [6.45, 7) is 1.15. The molecule has 32 heavy (non-hydrogen) atoms. The summed E-state index contributed by atoms with van der Waals surface area (Å²) in [6.07, 6.45) is 2.61. The number of rotatable bonds is 7. The van der Waals surface area contributed by atoms with Gasteiger partial charge in [0.05, 0.1) is 18.5 Å². The minimum Gasteiger partial charge on any atom is -0.504 e. The van der Waals surface area contributed by atoms with Crippen LogP contribution < -0.4 is 15.6 Å². The van der Waals surface area contributed by atoms with Gasteiger partial charge in [-0.3, -0.25) is 14.3 Å². The highest BCUT2D eigenvalue weighted by Gasteiger charge is 2.18. The molecule has 0 radical (unpaired) electrons. The monoisotopic (exact) mass is 437 g/mol. The van der Waals surface area contributed by atoms with Crippen LogP contribution in [-0.4, -0.2) is 40.1 Å². The summed E-state index contributed by atoms with van der Waals surface area (Å²) < 4.78 is 13.0. The summed E-state index contributed by atoms with van der Waals surface area (Å²) in [7, 11) is 3.13. The molecule has 0 aliphatic carbocycles. The number of esters is 1. The lowest BCUT2D eigenvalue weighted by molar-refractivity contribution is -0.142. The Morgan fingerprint density at radius 3 is 2.56 bits per heavy atom. The first-order chi connectivity index (χ1) is 15.3. The van der Waals surface area contributed by atoms with Crippen LogP contribution in [0.4, 0.5) is 5.69 Å². The standard InChI is InChI=1S/C23H23N3O6/c1-15-22(23(30)26(25(15)2)17-7-5-4-6-8-17)24-20(28)14-32-21(29)12-10-16-9-11-18(27)19(13-16)31-3/h4-13,27H,14H2,1-3H3,(H,24,28). The van der Waals surface area contributed by atoms with Crippen molar-refractivity contribution >= 4 is 23.6 Å². The number of hydrogen-bond donors (Lipinski definition) is 2. The van der Waals surface area contributed by atoms with Crippen LogP contribution >= 0.6 is 0 Å². The molecule has 0 fully saturated rings. The van der Waals surface area contributed by atoms with E-state index >= 15 is 0 Å². The smallest absolute Gasteiger partial charge is 0.331 e. The van der Waals surface area contributed by atoms with Gasteiger partial charge >= 0.3 is 5.97 Å². The topological polar surface area (TPSA) is 112 Å². The molecule has 1 heterocycles. The van der Waals surface area contributed by atoms with Gasteiger partial charge in [0.15, 0.2) is 18.1 Å². The maximum Gasteiger partial charge on any atom is 0.331 e. The maximum atomic E-state index is 12.8.